The van der Waals surface area contributed by atoms with Gasteiger partial charge < -0.3 is 5.73 Å². The summed E-state index contributed by atoms with van der Waals surface area (Å²) in [6, 6.07) is 0. The molecule has 0 saturated carbocycles. The van der Waals surface area contributed by atoms with Crippen molar-refractivity contribution in [1.29, 1.82) is 0 Å². The molecule has 1 unspecified atom stereocenters. The first-order valence-corrected chi connectivity index (χ1v) is 5.91. The lowest BCUT2D eigenvalue weighted by Crippen LogP contribution is -2.32. The van der Waals surface area contributed by atoms with Crippen molar-refractivity contribution in [3.8, 4) is 0 Å². The van der Waals surface area contributed by atoms with Gasteiger partial charge in [-0.3, -0.25) is 14.5 Å². The summed E-state index contributed by atoms with van der Waals surface area (Å²) in [5.74, 6) is -0.173. The van der Waals surface area contributed by atoms with E-state index in [4.69, 9.17) is 5.73 Å². The molecule has 1 heterocycles. The predicted octanol–water partition coefficient (Wildman–Crippen LogP) is 1.15. The minimum atomic E-state index is -0.130. The summed E-state index contributed by atoms with van der Waals surface area (Å²) >= 11 is 0. The Morgan fingerprint density at radius 3 is 2.50 bits per heavy atom. The predicted molar refractivity (Wildman–Crippen MR) is 62.6 cm³/mol. The highest BCUT2D eigenvalue weighted by atomic mass is 16.2. The molecule has 0 aromatic carbocycles. The van der Waals surface area contributed by atoms with E-state index in [0.29, 0.717) is 19.5 Å². The summed E-state index contributed by atoms with van der Waals surface area (Å²) in [5, 5.41) is 0. The lowest BCUT2D eigenvalue weighted by Gasteiger charge is -2.23. The highest BCUT2D eigenvalue weighted by Gasteiger charge is 2.35. The maximum absolute atomic E-state index is 11.6. The van der Waals surface area contributed by atoms with E-state index in [9.17, 15) is 9.59 Å². The van der Waals surface area contributed by atoms with Crippen molar-refractivity contribution in [3.63, 3.8) is 0 Å². The van der Waals surface area contributed by atoms with Crippen molar-refractivity contribution in [1.82, 2.24) is 4.90 Å². The van der Waals surface area contributed by atoms with Gasteiger partial charge in [-0.15, -0.1) is 0 Å². The standard InChI is InChI=1S/C12H22N2O2/c1-9-7-10(15)14(11(9)16)6-4-5-12(2,3)8-13/h9H,4-8,13H2,1-3H3. The van der Waals surface area contributed by atoms with E-state index in [2.05, 4.69) is 13.8 Å². The Morgan fingerprint density at radius 2 is 2.06 bits per heavy atom. The zero-order valence-corrected chi connectivity index (χ0v) is 10.5. The van der Waals surface area contributed by atoms with Gasteiger partial charge in [0.25, 0.3) is 0 Å². The maximum atomic E-state index is 11.6. The van der Waals surface area contributed by atoms with Crippen molar-refractivity contribution >= 4 is 11.8 Å². The lowest BCUT2D eigenvalue weighted by atomic mass is 9.88. The average molecular weight is 226 g/mol. The van der Waals surface area contributed by atoms with E-state index < -0.39 is 0 Å². The summed E-state index contributed by atoms with van der Waals surface area (Å²) in [6.45, 7) is 7.19. The van der Waals surface area contributed by atoms with Gasteiger partial charge in [0.1, 0.15) is 0 Å². The van der Waals surface area contributed by atoms with Crippen LogP contribution in [-0.4, -0.2) is 29.8 Å². The number of nitrogens with two attached hydrogens (primary N) is 1. The first-order valence-electron chi connectivity index (χ1n) is 5.91. The highest BCUT2D eigenvalue weighted by Crippen LogP contribution is 2.23. The molecule has 1 rings (SSSR count). The highest BCUT2D eigenvalue weighted by molar-refractivity contribution is 6.03. The van der Waals surface area contributed by atoms with E-state index >= 15 is 0 Å². The number of hydrogen-bond acceptors (Lipinski definition) is 3. The van der Waals surface area contributed by atoms with Crippen LogP contribution in [0.25, 0.3) is 0 Å². The van der Waals surface area contributed by atoms with Gasteiger partial charge >= 0.3 is 0 Å². The van der Waals surface area contributed by atoms with Gasteiger partial charge in [-0.25, -0.2) is 0 Å². The van der Waals surface area contributed by atoms with Crippen LogP contribution in [0.5, 0.6) is 0 Å². The Morgan fingerprint density at radius 1 is 1.44 bits per heavy atom. The van der Waals surface area contributed by atoms with Crippen molar-refractivity contribution in [2.75, 3.05) is 13.1 Å². The quantitative estimate of drug-likeness (QED) is 0.715. The molecule has 0 bridgehead atoms. The van der Waals surface area contributed by atoms with Crippen molar-refractivity contribution in [2.24, 2.45) is 17.1 Å². The SMILES string of the molecule is CC1CC(=O)N(CCCC(C)(C)CN)C1=O. The summed E-state index contributed by atoms with van der Waals surface area (Å²) in [5.41, 5.74) is 5.72. The summed E-state index contributed by atoms with van der Waals surface area (Å²) in [7, 11) is 0. The first kappa shape index (κ1) is 13.2. The van der Waals surface area contributed by atoms with Crippen molar-refractivity contribution < 1.29 is 9.59 Å². The summed E-state index contributed by atoms with van der Waals surface area (Å²) in [6.07, 6.45) is 2.16. The molecule has 1 atom stereocenters. The molecule has 0 radical (unpaired) electrons. The molecule has 16 heavy (non-hydrogen) atoms. The van der Waals surface area contributed by atoms with Gasteiger partial charge in [0, 0.05) is 18.9 Å². The Labute approximate surface area is 97.2 Å². The fourth-order valence-corrected chi connectivity index (χ4v) is 1.90. The number of hydrogen-bond donors (Lipinski definition) is 1. The molecular formula is C12H22N2O2. The van der Waals surface area contributed by atoms with Crippen LogP contribution in [0.1, 0.15) is 40.0 Å². The molecule has 0 aliphatic carbocycles. The third-order valence-corrected chi connectivity index (χ3v) is 3.26. The Balaban J connectivity index is 2.39. The molecule has 92 valence electrons. The van der Waals surface area contributed by atoms with Crippen LogP contribution >= 0.6 is 0 Å². The normalized spacial score (nSPS) is 22.0. The number of imide groups is 1. The Kier molecular flexibility index (Phi) is 4.08. The van der Waals surface area contributed by atoms with Crippen LogP contribution in [0, 0.1) is 11.3 Å². The van der Waals surface area contributed by atoms with E-state index in [-0.39, 0.29) is 23.1 Å². The fraction of sp³-hybridized carbons (Fsp3) is 0.833. The fourth-order valence-electron chi connectivity index (χ4n) is 1.90. The number of carbonyl (C=O) groups is 2. The molecule has 4 heteroatoms. The Bertz CT molecular complexity index is 287. The van der Waals surface area contributed by atoms with Crippen molar-refractivity contribution in [2.45, 2.75) is 40.0 Å². The number of nitrogens with zero attached hydrogens (tertiary/aromatic N) is 1. The molecule has 2 amide bonds. The number of rotatable bonds is 5. The van der Waals surface area contributed by atoms with Crippen LogP contribution < -0.4 is 5.73 Å². The second kappa shape index (κ2) is 4.95. The van der Waals surface area contributed by atoms with Crippen LogP contribution in [-0.2, 0) is 9.59 Å². The molecule has 0 aromatic rings. The molecular weight excluding hydrogens is 204 g/mol. The summed E-state index contributed by atoms with van der Waals surface area (Å²) in [4.78, 5) is 24.5. The minimum absolute atomic E-state index is 0.0180. The third kappa shape index (κ3) is 3.04. The van der Waals surface area contributed by atoms with Gasteiger partial charge in [-0.2, -0.15) is 0 Å². The molecule has 4 nitrogen and oxygen atoms in total. The number of carbonyl (C=O) groups excluding carboxylic acids is 2. The molecule has 1 aliphatic heterocycles. The van der Waals surface area contributed by atoms with Gasteiger partial charge in [-0.05, 0) is 24.8 Å². The second-order valence-corrected chi connectivity index (χ2v) is 5.46. The average Bonchev–Trinajstić information content (AvgIpc) is 2.44. The zero-order valence-electron chi connectivity index (χ0n) is 10.5. The smallest absolute Gasteiger partial charge is 0.232 e. The van der Waals surface area contributed by atoms with Crippen LogP contribution in [0.15, 0.2) is 0 Å². The van der Waals surface area contributed by atoms with Gasteiger partial charge in [0.05, 0.1) is 0 Å². The third-order valence-electron chi connectivity index (χ3n) is 3.26. The maximum Gasteiger partial charge on any atom is 0.232 e. The monoisotopic (exact) mass is 226 g/mol. The summed E-state index contributed by atoms with van der Waals surface area (Å²) < 4.78 is 0. The van der Waals surface area contributed by atoms with Crippen LogP contribution in [0.2, 0.25) is 0 Å². The van der Waals surface area contributed by atoms with Crippen LogP contribution in [0.4, 0.5) is 0 Å². The minimum Gasteiger partial charge on any atom is -0.330 e. The Hall–Kier alpha value is -0.900. The van der Waals surface area contributed by atoms with Crippen LogP contribution in [0.3, 0.4) is 0 Å². The molecule has 1 fully saturated rings. The van der Waals surface area contributed by atoms with E-state index in [1.165, 1.54) is 4.90 Å². The molecule has 2 N–H and O–H groups in total. The lowest BCUT2D eigenvalue weighted by molar-refractivity contribution is -0.139. The van der Waals surface area contributed by atoms with E-state index in [0.717, 1.165) is 12.8 Å². The molecule has 0 spiro atoms. The molecule has 1 saturated heterocycles. The molecule has 1 aliphatic rings. The van der Waals surface area contributed by atoms with Gasteiger partial charge in [0.2, 0.25) is 11.8 Å². The topological polar surface area (TPSA) is 63.4 Å². The van der Waals surface area contributed by atoms with Gasteiger partial charge in [0.15, 0.2) is 0 Å². The number of amides is 2. The first-order chi connectivity index (χ1) is 7.37. The second-order valence-electron chi connectivity index (χ2n) is 5.46. The molecule has 0 aromatic heterocycles. The van der Waals surface area contributed by atoms with E-state index in [1.807, 2.05) is 6.92 Å². The van der Waals surface area contributed by atoms with Crippen molar-refractivity contribution in [3.05, 3.63) is 0 Å². The van der Waals surface area contributed by atoms with Gasteiger partial charge in [-0.1, -0.05) is 20.8 Å². The number of likely N-dealkylation sites (tertiary alicyclic amines) is 1. The largest absolute Gasteiger partial charge is 0.330 e. The zero-order chi connectivity index (χ0) is 12.3. The van der Waals surface area contributed by atoms with E-state index in [1.54, 1.807) is 0 Å².